The van der Waals surface area contributed by atoms with E-state index in [1.807, 2.05) is 24.3 Å². The minimum Gasteiger partial charge on any atom is -0.486 e. The van der Waals surface area contributed by atoms with Crippen LogP contribution in [0.25, 0.3) is 0 Å². The lowest BCUT2D eigenvalue weighted by Gasteiger charge is -2.30. The molecule has 0 unspecified atom stereocenters. The fourth-order valence-electron chi connectivity index (χ4n) is 3.74. The van der Waals surface area contributed by atoms with Crippen molar-refractivity contribution in [3.63, 3.8) is 0 Å². The predicted molar refractivity (Wildman–Crippen MR) is 112 cm³/mol. The van der Waals surface area contributed by atoms with Crippen molar-refractivity contribution >= 4 is 15.9 Å². The fourth-order valence-corrected chi connectivity index (χ4v) is 5.21. The molecule has 2 heterocycles. The Balaban J connectivity index is 1.31. The van der Waals surface area contributed by atoms with E-state index in [2.05, 4.69) is 5.32 Å². The zero-order valence-electron chi connectivity index (χ0n) is 16.9. The van der Waals surface area contributed by atoms with E-state index in [0.717, 1.165) is 5.56 Å². The standard InChI is InChI=1S/C22H23N3O5S/c23-14-16-1-4-19(5-2-16)31(27,28)25-9-7-18(8-10-25)22(26)24-15-17-3-6-20-21(13-17)30-12-11-29-20/h1-6,13,18H,7-12,15H2,(H,24,26). The molecule has 0 aromatic heterocycles. The van der Waals surface area contributed by atoms with E-state index in [1.54, 1.807) is 0 Å². The number of ether oxygens (including phenoxy) is 2. The van der Waals surface area contributed by atoms with E-state index in [9.17, 15) is 13.2 Å². The number of amides is 1. The molecule has 162 valence electrons. The lowest BCUT2D eigenvalue weighted by Crippen LogP contribution is -2.42. The van der Waals surface area contributed by atoms with Gasteiger partial charge in [-0.1, -0.05) is 6.07 Å². The Labute approximate surface area is 181 Å². The molecule has 1 N–H and O–H groups in total. The largest absolute Gasteiger partial charge is 0.486 e. The number of benzene rings is 2. The van der Waals surface area contributed by atoms with Gasteiger partial charge in [-0.25, -0.2) is 8.42 Å². The topological polar surface area (TPSA) is 109 Å². The fraction of sp³-hybridized carbons (Fsp3) is 0.364. The summed E-state index contributed by atoms with van der Waals surface area (Å²) in [7, 11) is -3.63. The molecule has 2 aromatic rings. The Bertz CT molecular complexity index is 1100. The normalized spacial score (nSPS) is 17.0. The molecular formula is C22H23N3O5S. The first kappa shape index (κ1) is 21.2. The van der Waals surface area contributed by atoms with Crippen LogP contribution >= 0.6 is 0 Å². The molecule has 0 aliphatic carbocycles. The van der Waals surface area contributed by atoms with Gasteiger partial charge < -0.3 is 14.8 Å². The number of piperidine rings is 1. The molecule has 2 aliphatic rings. The predicted octanol–water partition coefficient (Wildman–Crippen LogP) is 2.05. The van der Waals surface area contributed by atoms with Crippen LogP contribution in [-0.2, 0) is 21.4 Å². The number of rotatable bonds is 5. The van der Waals surface area contributed by atoms with Gasteiger partial charge in [-0.2, -0.15) is 9.57 Å². The van der Waals surface area contributed by atoms with E-state index in [0.29, 0.717) is 49.7 Å². The Morgan fingerprint density at radius 1 is 1.06 bits per heavy atom. The van der Waals surface area contributed by atoms with Gasteiger partial charge in [-0.15, -0.1) is 0 Å². The van der Waals surface area contributed by atoms with E-state index in [4.69, 9.17) is 14.7 Å². The summed E-state index contributed by atoms with van der Waals surface area (Å²) in [4.78, 5) is 12.8. The number of fused-ring (bicyclic) bond motifs is 1. The van der Waals surface area contributed by atoms with Crippen molar-refractivity contribution in [3.05, 3.63) is 53.6 Å². The molecule has 1 fully saturated rings. The van der Waals surface area contributed by atoms with E-state index >= 15 is 0 Å². The van der Waals surface area contributed by atoms with Crippen molar-refractivity contribution in [1.82, 2.24) is 9.62 Å². The number of nitrogens with one attached hydrogen (secondary N) is 1. The van der Waals surface area contributed by atoms with E-state index < -0.39 is 10.0 Å². The quantitative estimate of drug-likeness (QED) is 0.761. The zero-order valence-corrected chi connectivity index (χ0v) is 17.7. The first-order valence-electron chi connectivity index (χ1n) is 10.1. The monoisotopic (exact) mass is 441 g/mol. The molecule has 1 saturated heterocycles. The van der Waals surface area contributed by atoms with Crippen molar-refractivity contribution in [2.45, 2.75) is 24.3 Å². The third-order valence-electron chi connectivity index (χ3n) is 5.52. The summed E-state index contributed by atoms with van der Waals surface area (Å²) in [6.07, 6.45) is 0.922. The molecule has 0 radical (unpaired) electrons. The molecule has 8 nitrogen and oxygen atoms in total. The van der Waals surface area contributed by atoms with Crippen molar-refractivity contribution in [2.24, 2.45) is 5.92 Å². The molecule has 0 atom stereocenters. The van der Waals surface area contributed by atoms with Gasteiger partial charge in [0.15, 0.2) is 11.5 Å². The highest BCUT2D eigenvalue weighted by atomic mass is 32.2. The average Bonchev–Trinajstić information content (AvgIpc) is 2.82. The molecule has 31 heavy (non-hydrogen) atoms. The van der Waals surface area contributed by atoms with Gasteiger partial charge in [0.05, 0.1) is 16.5 Å². The molecule has 0 saturated carbocycles. The summed E-state index contributed by atoms with van der Waals surface area (Å²) >= 11 is 0. The summed E-state index contributed by atoms with van der Waals surface area (Å²) in [6, 6.07) is 13.4. The maximum absolute atomic E-state index is 12.8. The highest BCUT2D eigenvalue weighted by Gasteiger charge is 2.32. The molecule has 1 amide bonds. The molecule has 4 rings (SSSR count). The van der Waals surface area contributed by atoms with Crippen LogP contribution in [0.15, 0.2) is 47.4 Å². The van der Waals surface area contributed by atoms with Gasteiger partial charge in [0, 0.05) is 25.6 Å². The van der Waals surface area contributed by atoms with Crippen LogP contribution in [0.4, 0.5) is 0 Å². The number of nitriles is 1. The summed E-state index contributed by atoms with van der Waals surface area (Å²) < 4.78 is 38.1. The van der Waals surface area contributed by atoms with Crippen LogP contribution in [0.5, 0.6) is 11.5 Å². The zero-order chi connectivity index (χ0) is 21.8. The van der Waals surface area contributed by atoms with E-state index in [-0.39, 0.29) is 29.8 Å². The number of nitrogens with zero attached hydrogens (tertiary/aromatic N) is 2. The second-order valence-electron chi connectivity index (χ2n) is 7.51. The summed E-state index contributed by atoms with van der Waals surface area (Å²) in [5.74, 6) is 1.08. The van der Waals surface area contributed by atoms with Gasteiger partial charge in [-0.05, 0) is 54.8 Å². The summed E-state index contributed by atoms with van der Waals surface area (Å²) in [6.45, 7) is 1.98. The second kappa shape index (κ2) is 8.96. The number of hydrogen-bond acceptors (Lipinski definition) is 6. The second-order valence-corrected chi connectivity index (χ2v) is 9.45. The van der Waals surface area contributed by atoms with Crippen LogP contribution in [0.2, 0.25) is 0 Å². The van der Waals surface area contributed by atoms with Gasteiger partial charge in [0.25, 0.3) is 0 Å². The molecule has 2 aromatic carbocycles. The number of carbonyl (C=O) groups is 1. The van der Waals surface area contributed by atoms with Crippen molar-refractivity contribution in [3.8, 4) is 17.6 Å². The maximum atomic E-state index is 12.8. The highest BCUT2D eigenvalue weighted by molar-refractivity contribution is 7.89. The molecule has 9 heteroatoms. The minimum atomic E-state index is -3.63. The van der Waals surface area contributed by atoms with Crippen LogP contribution in [0.3, 0.4) is 0 Å². The highest BCUT2D eigenvalue weighted by Crippen LogP contribution is 2.31. The van der Waals surface area contributed by atoms with Crippen molar-refractivity contribution in [1.29, 1.82) is 5.26 Å². The third-order valence-corrected chi connectivity index (χ3v) is 7.43. The smallest absolute Gasteiger partial charge is 0.243 e. The summed E-state index contributed by atoms with van der Waals surface area (Å²) in [5.41, 5.74) is 1.32. The van der Waals surface area contributed by atoms with Crippen LogP contribution in [0.1, 0.15) is 24.0 Å². The van der Waals surface area contributed by atoms with Crippen LogP contribution in [-0.4, -0.2) is 44.9 Å². The van der Waals surface area contributed by atoms with Gasteiger partial charge in [0.2, 0.25) is 15.9 Å². The third kappa shape index (κ3) is 4.65. The summed E-state index contributed by atoms with van der Waals surface area (Å²) in [5, 5.41) is 11.8. The first-order chi connectivity index (χ1) is 15.0. The Morgan fingerprint density at radius 2 is 1.74 bits per heavy atom. The Morgan fingerprint density at radius 3 is 2.42 bits per heavy atom. The molecule has 2 aliphatic heterocycles. The van der Waals surface area contributed by atoms with Crippen LogP contribution in [0, 0.1) is 17.2 Å². The Hall–Kier alpha value is -3.09. The van der Waals surface area contributed by atoms with Crippen molar-refractivity contribution in [2.75, 3.05) is 26.3 Å². The first-order valence-corrected chi connectivity index (χ1v) is 11.6. The number of sulfonamides is 1. The lowest BCUT2D eigenvalue weighted by molar-refractivity contribution is -0.126. The van der Waals surface area contributed by atoms with Gasteiger partial charge in [-0.3, -0.25) is 4.79 Å². The Kier molecular flexibility index (Phi) is 6.11. The average molecular weight is 442 g/mol. The minimum absolute atomic E-state index is 0.0784. The SMILES string of the molecule is N#Cc1ccc(S(=O)(=O)N2CCC(C(=O)NCc3ccc4c(c3)OCCO4)CC2)cc1. The number of carbonyl (C=O) groups excluding carboxylic acids is 1. The molecule has 0 spiro atoms. The molecule has 0 bridgehead atoms. The van der Waals surface area contributed by atoms with Gasteiger partial charge in [0.1, 0.15) is 13.2 Å². The van der Waals surface area contributed by atoms with Crippen LogP contribution < -0.4 is 14.8 Å². The number of hydrogen-bond donors (Lipinski definition) is 1. The molecular weight excluding hydrogens is 418 g/mol. The lowest BCUT2D eigenvalue weighted by atomic mass is 9.97. The van der Waals surface area contributed by atoms with Gasteiger partial charge >= 0.3 is 0 Å². The van der Waals surface area contributed by atoms with E-state index in [1.165, 1.54) is 28.6 Å². The maximum Gasteiger partial charge on any atom is 0.243 e. The van der Waals surface area contributed by atoms with Crippen molar-refractivity contribution < 1.29 is 22.7 Å².